The lowest BCUT2D eigenvalue weighted by Gasteiger charge is -2.05. The van der Waals surface area contributed by atoms with Crippen molar-refractivity contribution < 1.29 is 17.7 Å². The molecule has 0 spiro atoms. The third-order valence-electron chi connectivity index (χ3n) is 1.43. The number of rotatable bonds is 2. The van der Waals surface area contributed by atoms with E-state index in [1.807, 2.05) is 0 Å². The Labute approximate surface area is 81.7 Å². The Balaban J connectivity index is 3.41. The van der Waals surface area contributed by atoms with Crippen LogP contribution in [0.15, 0.2) is 28.0 Å². The number of thiol groups is 1. The van der Waals surface area contributed by atoms with Crippen LogP contribution in [0.25, 0.3) is 0 Å². The van der Waals surface area contributed by atoms with E-state index in [0.717, 1.165) is 0 Å². The smallest absolute Gasteiger partial charge is 0.298 e. The standard InChI is InChI=1S/C7H8O4S2/c1-11-6-3-2-5(12)4-7(6)13(8,9)10/h2-4,12H,1H3,(H,8,9,10). The van der Waals surface area contributed by atoms with Crippen molar-refractivity contribution in [3.8, 4) is 5.75 Å². The molecule has 1 aromatic carbocycles. The lowest BCUT2D eigenvalue weighted by Crippen LogP contribution is -2.01. The molecule has 4 nitrogen and oxygen atoms in total. The fraction of sp³-hybridized carbons (Fsp3) is 0.143. The average Bonchev–Trinajstić information content (AvgIpc) is 2.03. The van der Waals surface area contributed by atoms with Gasteiger partial charge in [0.25, 0.3) is 10.1 Å². The van der Waals surface area contributed by atoms with Gasteiger partial charge in [-0.05, 0) is 18.2 Å². The second-order valence-corrected chi connectivity index (χ2v) is 4.22. The molecule has 0 saturated carbocycles. The van der Waals surface area contributed by atoms with Gasteiger partial charge in [0.1, 0.15) is 10.6 Å². The number of methoxy groups -OCH3 is 1. The van der Waals surface area contributed by atoms with Crippen molar-refractivity contribution >= 4 is 22.7 Å². The van der Waals surface area contributed by atoms with E-state index >= 15 is 0 Å². The monoisotopic (exact) mass is 220 g/mol. The molecule has 0 unspecified atom stereocenters. The number of ether oxygens (including phenoxy) is 1. The minimum Gasteiger partial charge on any atom is -0.495 e. The van der Waals surface area contributed by atoms with Crippen molar-refractivity contribution in [3.05, 3.63) is 18.2 Å². The SMILES string of the molecule is COc1ccc(S)cc1S(=O)(=O)O. The zero-order chi connectivity index (χ0) is 10.1. The Bertz CT molecular complexity index is 411. The zero-order valence-corrected chi connectivity index (χ0v) is 8.47. The zero-order valence-electron chi connectivity index (χ0n) is 6.76. The molecule has 1 N–H and O–H groups in total. The molecule has 72 valence electrons. The molecule has 1 aromatic rings. The van der Waals surface area contributed by atoms with Gasteiger partial charge in [0, 0.05) is 4.90 Å². The molecule has 0 aromatic heterocycles. The lowest BCUT2D eigenvalue weighted by molar-refractivity contribution is 0.397. The van der Waals surface area contributed by atoms with Crippen LogP contribution >= 0.6 is 12.6 Å². The number of hydrogen-bond acceptors (Lipinski definition) is 4. The Hall–Kier alpha value is -0.720. The Morgan fingerprint density at radius 3 is 2.54 bits per heavy atom. The molecule has 0 bridgehead atoms. The van der Waals surface area contributed by atoms with Crippen molar-refractivity contribution in [2.75, 3.05) is 7.11 Å². The first-order valence-corrected chi connectivity index (χ1v) is 5.18. The van der Waals surface area contributed by atoms with Crippen molar-refractivity contribution in [1.29, 1.82) is 0 Å². The lowest BCUT2D eigenvalue weighted by atomic mass is 10.3. The predicted molar refractivity (Wildman–Crippen MR) is 50.1 cm³/mol. The van der Waals surface area contributed by atoms with E-state index in [1.54, 1.807) is 6.07 Å². The molecular formula is C7H8O4S2. The topological polar surface area (TPSA) is 63.6 Å². The summed E-state index contributed by atoms with van der Waals surface area (Å²) in [7, 11) is -2.92. The highest BCUT2D eigenvalue weighted by atomic mass is 32.2. The van der Waals surface area contributed by atoms with E-state index in [9.17, 15) is 8.42 Å². The summed E-state index contributed by atoms with van der Waals surface area (Å²) in [6, 6.07) is 4.21. The molecule has 0 fully saturated rings. The van der Waals surface area contributed by atoms with Crippen molar-refractivity contribution in [1.82, 2.24) is 0 Å². The molecule has 1 rings (SSSR count). The third-order valence-corrected chi connectivity index (χ3v) is 2.58. The van der Waals surface area contributed by atoms with Crippen LogP contribution in [0.4, 0.5) is 0 Å². The maximum atomic E-state index is 10.8. The van der Waals surface area contributed by atoms with Gasteiger partial charge in [-0.2, -0.15) is 8.42 Å². The van der Waals surface area contributed by atoms with E-state index in [2.05, 4.69) is 12.6 Å². The minimum atomic E-state index is -4.24. The summed E-state index contributed by atoms with van der Waals surface area (Å²) in [5, 5.41) is 0. The molecular weight excluding hydrogens is 212 g/mol. The van der Waals surface area contributed by atoms with Gasteiger partial charge in [-0.1, -0.05) is 0 Å². The molecule has 0 aliphatic carbocycles. The Morgan fingerprint density at radius 1 is 1.46 bits per heavy atom. The van der Waals surface area contributed by atoms with Gasteiger partial charge in [-0.3, -0.25) is 4.55 Å². The molecule has 0 radical (unpaired) electrons. The highest BCUT2D eigenvalue weighted by molar-refractivity contribution is 7.86. The first kappa shape index (κ1) is 10.4. The van der Waals surface area contributed by atoms with E-state index in [-0.39, 0.29) is 10.6 Å². The second-order valence-electron chi connectivity index (χ2n) is 2.31. The number of benzene rings is 1. The van der Waals surface area contributed by atoms with E-state index in [1.165, 1.54) is 19.2 Å². The first-order chi connectivity index (χ1) is 5.95. The van der Waals surface area contributed by atoms with Crippen LogP contribution in [0.5, 0.6) is 5.75 Å². The second kappa shape index (κ2) is 3.57. The predicted octanol–water partition coefficient (Wildman–Crippen LogP) is 1.23. The summed E-state index contributed by atoms with van der Waals surface area (Å²) in [5.74, 6) is 0.0975. The van der Waals surface area contributed by atoms with Gasteiger partial charge < -0.3 is 4.74 Å². The van der Waals surface area contributed by atoms with Crippen LogP contribution in [0.1, 0.15) is 0 Å². The van der Waals surface area contributed by atoms with E-state index < -0.39 is 10.1 Å². The van der Waals surface area contributed by atoms with Crippen LogP contribution in [0.2, 0.25) is 0 Å². The quantitative estimate of drug-likeness (QED) is 0.581. The van der Waals surface area contributed by atoms with Gasteiger partial charge in [-0.15, -0.1) is 12.6 Å². The van der Waals surface area contributed by atoms with Gasteiger partial charge >= 0.3 is 0 Å². The van der Waals surface area contributed by atoms with Crippen molar-refractivity contribution in [3.63, 3.8) is 0 Å². The van der Waals surface area contributed by atoms with Crippen LogP contribution in [-0.2, 0) is 10.1 Å². The summed E-state index contributed by atoms with van der Waals surface area (Å²) < 4.78 is 35.2. The fourth-order valence-electron chi connectivity index (χ4n) is 0.867. The van der Waals surface area contributed by atoms with Crippen LogP contribution in [-0.4, -0.2) is 20.1 Å². The van der Waals surface area contributed by atoms with Gasteiger partial charge in [0.05, 0.1) is 7.11 Å². The molecule has 0 saturated heterocycles. The summed E-state index contributed by atoms with van der Waals surface area (Å²) >= 11 is 3.94. The average molecular weight is 220 g/mol. The van der Waals surface area contributed by atoms with E-state index in [0.29, 0.717) is 4.90 Å². The maximum absolute atomic E-state index is 10.8. The summed E-state index contributed by atoms with van der Waals surface area (Å²) in [4.78, 5) is 0.163. The van der Waals surface area contributed by atoms with Crippen LogP contribution < -0.4 is 4.74 Å². The normalized spacial score (nSPS) is 11.3. The van der Waals surface area contributed by atoms with Gasteiger partial charge in [-0.25, -0.2) is 0 Å². The summed E-state index contributed by atoms with van der Waals surface area (Å²) in [6.45, 7) is 0. The van der Waals surface area contributed by atoms with Gasteiger partial charge in [0.15, 0.2) is 0 Å². The summed E-state index contributed by atoms with van der Waals surface area (Å²) in [5.41, 5.74) is 0. The Kier molecular flexibility index (Phi) is 2.84. The molecule has 0 amide bonds. The van der Waals surface area contributed by atoms with Crippen LogP contribution in [0, 0.1) is 0 Å². The first-order valence-electron chi connectivity index (χ1n) is 3.29. The highest BCUT2D eigenvalue weighted by Gasteiger charge is 2.15. The summed E-state index contributed by atoms with van der Waals surface area (Å²) in [6.07, 6.45) is 0. The molecule has 13 heavy (non-hydrogen) atoms. The fourth-order valence-corrected chi connectivity index (χ4v) is 1.84. The molecule has 0 aliphatic rings. The maximum Gasteiger partial charge on any atom is 0.298 e. The largest absolute Gasteiger partial charge is 0.495 e. The molecule has 0 heterocycles. The molecule has 6 heteroatoms. The molecule has 0 atom stereocenters. The van der Waals surface area contributed by atoms with Crippen molar-refractivity contribution in [2.24, 2.45) is 0 Å². The highest BCUT2D eigenvalue weighted by Crippen LogP contribution is 2.25. The Morgan fingerprint density at radius 2 is 2.08 bits per heavy atom. The minimum absolute atomic E-state index is 0.0975. The molecule has 0 aliphatic heterocycles. The van der Waals surface area contributed by atoms with Crippen LogP contribution in [0.3, 0.4) is 0 Å². The van der Waals surface area contributed by atoms with Crippen molar-refractivity contribution in [2.45, 2.75) is 9.79 Å². The third kappa shape index (κ3) is 2.36. The van der Waals surface area contributed by atoms with E-state index in [4.69, 9.17) is 9.29 Å². The number of hydrogen-bond donors (Lipinski definition) is 2. The van der Waals surface area contributed by atoms with Gasteiger partial charge in [0.2, 0.25) is 0 Å².